The molecule has 0 unspecified atom stereocenters. The summed E-state index contributed by atoms with van der Waals surface area (Å²) in [6.45, 7) is 1.76. The van der Waals surface area contributed by atoms with E-state index in [1.54, 1.807) is 6.33 Å². The number of hydrogen-bond acceptors (Lipinski definition) is 6. The molecule has 0 bridgehead atoms. The number of ether oxygens (including phenoxy) is 2. The number of nitrogens with zero attached hydrogens (tertiary/aromatic N) is 2. The SMILES string of the molecule is c1ccc(CCNc2cc(NCc3ccc4c(c3)OCO4)ncn2)cc1. The van der Waals surface area contributed by atoms with Crippen LogP contribution in [0.25, 0.3) is 0 Å². The second kappa shape index (κ2) is 7.74. The van der Waals surface area contributed by atoms with E-state index in [2.05, 4.69) is 44.9 Å². The lowest BCUT2D eigenvalue weighted by Crippen LogP contribution is -2.08. The van der Waals surface area contributed by atoms with E-state index < -0.39 is 0 Å². The number of benzene rings is 2. The molecule has 0 spiro atoms. The van der Waals surface area contributed by atoms with E-state index in [9.17, 15) is 0 Å². The van der Waals surface area contributed by atoms with Crippen LogP contribution in [0.2, 0.25) is 0 Å². The molecular weight excluding hydrogens is 328 g/mol. The van der Waals surface area contributed by atoms with E-state index in [-0.39, 0.29) is 6.79 Å². The summed E-state index contributed by atoms with van der Waals surface area (Å²) in [6.07, 6.45) is 2.51. The molecule has 0 amide bonds. The largest absolute Gasteiger partial charge is 0.454 e. The Morgan fingerprint density at radius 1 is 0.808 bits per heavy atom. The van der Waals surface area contributed by atoms with Crippen LogP contribution in [0.1, 0.15) is 11.1 Å². The molecule has 3 aromatic rings. The van der Waals surface area contributed by atoms with Crippen molar-refractivity contribution in [3.63, 3.8) is 0 Å². The van der Waals surface area contributed by atoms with Crippen LogP contribution in [0.3, 0.4) is 0 Å². The van der Waals surface area contributed by atoms with Gasteiger partial charge in [0.15, 0.2) is 11.5 Å². The third kappa shape index (κ3) is 4.03. The molecule has 0 atom stereocenters. The fraction of sp³-hybridized carbons (Fsp3) is 0.200. The molecule has 0 saturated heterocycles. The smallest absolute Gasteiger partial charge is 0.231 e. The third-order valence-electron chi connectivity index (χ3n) is 4.14. The van der Waals surface area contributed by atoms with E-state index in [4.69, 9.17) is 9.47 Å². The molecule has 4 rings (SSSR count). The van der Waals surface area contributed by atoms with Gasteiger partial charge in [-0.15, -0.1) is 0 Å². The summed E-state index contributed by atoms with van der Waals surface area (Å²) in [5.41, 5.74) is 2.40. The summed E-state index contributed by atoms with van der Waals surface area (Å²) in [5, 5.41) is 6.65. The number of hydrogen-bond donors (Lipinski definition) is 2. The summed E-state index contributed by atoms with van der Waals surface area (Å²) in [4.78, 5) is 8.55. The fourth-order valence-corrected chi connectivity index (χ4v) is 2.77. The van der Waals surface area contributed by atoms with Crippen molar-refractivity contribution in [1.82, 2.24) is 9.97 Å². The maximum Gasteiger partial charge on any atom is 0.231 e. The summed E-state index contributed by atoms with van der Waals surface area (Å²) < 4.78 is 10.7. The number of aromatic nitrogens is 2. The maximum atomic E-state index is 5.41. The van der Waals surface area contributed by atoms with Crippen LogP contribution in [0.5, 0.6) is 11.5 Å². The summed E-state index contributed by atoms with van der Waals surface area (Å²) in [7, 11) is 0. The lowest BCUT2D eigenvalue weighted by molar-refractivity contribution is 0.174. The van der Waals surface area contributed by atoms with Crippen molar-refractivity contribution in [3.8, 4) is 11.5 Å². The molecule has 6 nitrogen and oxygen atoms in total. The zero-order chi connectivity index (χ0) is 17.6. The highest BCUT2D eigenvalue weighted by Gasteiger charge is 2.13. The maximum absolute atomic E-state index is 5.41. The molecule has 1 aliphatic rings. The fourth-order valence-electron chi connectivity index (χ4n) is 2.77. The molecule has 0 fully saturated rings. The third-order valence-corrected chi connectivity index (χ3v) is 4.14. The van der Waals surface area contributed by atoms with E-state index in [0.29, 0.717) is 6.54 Å². The Bertz CT molecular complexity index is 871. The molecule has 0 aliphatic carbocycles. The van der Waals surface area contributed by atoms with E-state index in [1.807, 2.05) is 30.3 Å². The zero-order valence-corrected chi connectivity index (χ0v) is 14.3. The lowest BCUT2D eigenvalue weighted by Gasteiger charge is -2.09. The molecule has 0 saturated carbocycles. The second-order valence-corrected chi connectivity index (χ2v) is 5.99. The highest BCUT2D eigenvalue weighted by molar-refractivity contribution is 5.48. The monoisotopic (exact) mass is 348 g/mol. The highest BCUT2D eigenvalue weighted by atomic mass is 16.7. The average Bonchev–Trinajstić information content (AvgIpc) is 3.15. The van der Waals surface area contributed by atoms with Crippen LogP contribution in [0, 0.1) is 0 Å². The topological polar surface area (TPSA) is 68.3 Å². The summed E-state index contributed by atoms with van der Waals surface area (Å²) in [5.74, 6) is 3.17. The Labute approximate surface area is 152 Å². The van der Waals surface area contributed by atoms with Gasteiger partial charge < -0.3 is 20.1 Å². The van der Waals surface area contributed by atoms with Gasteiger partial charge in [0.2, 0.25) is 6.79 Å². The first-order chi connectivity index (χ1) is 12.9. The standard InChI is InChI=1S/C20H20N4O2/c1-2-4-15(5-3-1)8-9-21-19-11-20(24-13-23-19)22-12-16-6-7-17-18(10-16)26-14-25-17/h1-7,10-11,13H,8-9,12,14H2,(H2,21,22,23,24). The van der Waals surface area contributed by atoms with Gasteiger partial charge in [-0.3, -0.25) is 0 Å². The summed E-state index contributed by atoms with van der Waals surface area (Å²) in [6, 6.07) is 18.2. The minimum atomic E-state index is 0.288. The Balaban J connectivity index is 1.31. The van der Waals surface area contributed by atoms with Crippen LogP contribution >= 0.6 is 0 Å². The normalized spacial score (nSPS) is 12.0. The van der Waals surface area contributed by atoms with Crippen LogP contribution in [-0.4, -0.2) is 23.3 Å². The van der Waals surface area contributed by atoms with E-state index in [0.717, 1.165) is 41.7 Å². The molecule has 132 valence electrons. The van der Waals surface area contributed by atoms with Crippen LogP contribution < -0.4 is 20.1 Å². The van der Waals surface area contributed by atoms with Gasteiger partial charge in [-0.1, -0.05) is 36.4 Å². The first-order valence-corrected chi connectivity index (χ1v) is 8.59. The average molecular weight is 348 g/mol. The lowest BCUT2D eigenvalue weighted by atomic mass is 10.1. The van der Waals surface area contributed by atoms with Crippen molar-refractivity contribution in [2.24, 2.45) is 0 Å². The second-order valence-electron chi connectivity index (χ2n) is 5.99. The van der Waals surface area contributed by atoms with Crippen LogP contribution in [-0.2, 0) is 13.0 Å². The summed E-state index contributed by atoms with van der Waals surface area (Å²) >= 11 is 0. The van der Waals surface area contributed by atoms with Crippen molar-refractivity contribution in [2.45, 2.75) is 13.0 Å². The van der Waals surface area contributed by atoms with Crippen molar-refractivity contribution in [2.75, 3.05) is 24.0 Å². The van der Waals surface area contributed by atoms with Gasteiger partial charge in [-0.25, -0.2) is 9.97 Å². The predicted octanol–water partition coefficient (Wildman–Crippen LogP) is 3.47. The van der Waals surface area contributed by atoms with Gasteiger partial charge >= 0.3 is 0 Å². The number of fused-ring (bicyclic) bond motifs is 1. The molecule has 6 heteroatoms. The number of nitrogens with one attached hydrogen (secondary N) is 2. The van der Waals surface area contributed by atoms with Crippen molar-refractivity contribution < 1.29 is 9.47 Å². The van der Waals surface area contributed by atoms with Crippen molar-refractivity contribution in [1.29, 1.82) is 0 Å². The van der Waals surface area contributed by atoms with E-state index >= 15 is 0 Å². The van der Waals surface area contributed by atoms with Gasteiger partial charge in [0.1, 0.15) is 18.0 Å². The highest BCUT2D eigenvalue weighted by Crippen LogP contribution is 2.32. The van der Waals surface area contributed by atoms with Crippen molar-refractivity contribution >= 4 is 11.6 Å². The molecule has 2 aromatic carbocycles. The van der Waals surface area contributed by atoms with Crippen LogP contribution in [0.4, 0.5) is 11.6 Å². The number of anilines is 2. The van der Waals surface area contributed by atoms with Crippen molar-refractivity contribution in [3.05, 3.63) is 72.1 Å². The molecule has 2 N–H and O–H groups in total. The van der Waals surface area contributed by atoms with Gasteiger partial charge in [0.05, 0.1) is 0 Å². The Morgan fingerprint density at radius 3 is 2.50 bits per heavy atom. The molecule has 1 aromatic heterocycles. The van der Waals surface area contributed by atoms with E-state index in [1.165, 1.54) is 5.56 Å². The van der Waals surface area contributed by atoms with Gasteiger partial charge in [-0.05, 0) is 29.7 Å². The van der Waals surface area contributed by atoms with Crippen LogP contribution in [0.15, 0.2) is 60.9 Å². The molecule has 2 heterocycles. The Kier molecular flexibility index (Phi) is 4.82. The first-order valence-electron chi connectivity index (χ1n) is 8.59. The molecule has 0 radical (unpaired) electrons. The predicted molar refractivity (Wildman–Crippen MR) is 101 cm³/mol. The molecular formula is C20H20N4O2. The first kappa shape index (κ1) is 16.2. The Morgan fingerprint density at radius 2 is 1.62 bits per heavy atom. The number of rotatable bonds is 7. The van der Waals surface area contributed by atoms with Gasteiger partial charge in [0.25, 0.3) is 0 Å². The molecule has 26 heavy (non-hydrogen) atoms. The minimum absolute atomic E-state index is 0.288. The van der Waals surface area contributed by atoms with Gasteiger partial charge in [0, 0.05) is 19.2 Å². The Hall–Kier alpha value is -3.28. The quantitative estimate of drug-likeness (QED) is 0.681. The van der Waals surface area contributed by atoms with Gasteiger partial charge in [-0.2, -0.15) is 0 Å². The zero-order valence-electron chi connectivity index (χ0n) is 14.3. The minimum Gasteiger partial charge on any atom is -0.454 e. The molecule has 1 aliphatic heterocycles.